The van der Waals surface area contributed by atoms with E-state index in [0.717, 1.165) is 25.6 Å². The molecule has 0 aromatic carbocycles. The van der Waals surface area contributed by atoms with Crippen LogP contribution in [-0.4, -0.2) is 33.6 Å². The van der Waals surface area contributed by atoms with Gasteiger partial charge in [0.15, 0.2) is 0 Å². The summed E-state index contributed by atoms with van der Waals surface area (Å²) in [5, 5.41) is 0. The fourth-order valence-corrected chi connectivity index (χ4v) is 2.37. The number of hydrogen-bond donors (Lipinski definition) is 0. The van der Waals surface area contributed by atoms with Gasteiger partial charge in [0.25, 0.3) is 5.97 Å². The Morgan fingerprint density at radius 1 is 0.650 bits per heavy atom. The molecule has 0 spiro atoms. The molecule has 3 nitrogen and oxygen atoms in total. The minimum Gasteiger partial charge on any atom is -0.328 e. The molecule has 0 amide bonds. The largest absolute Gasteiger partial charge is 0.328 e. The molecule has 0 saturated heterocycles. The maximum absolute atomic E-state index is 5.71. The monoisotopic (exact) mass is 284 g/mol. The Kier molecular flexibility index (Phi) is 13.9. The van der Waals surface area contributed by atoms with Crippen LogP contribution in [0.2, 0.25) is 6.32 Å². The molecular weight excluding hydrogens is 251 g/mol. The lowest BCUT2D eigenvalue weighted by Gasteiger charge is -2.32. The predicted molar refractivity (Wildman–Crippen MR) is 85.1 cm³/mol. The number of unbranched alkanes of at least 4 members (excludes halogenated alkanes) is 6. The summed E-state index contributed by atoms with van der Waals surface area (Å²) in [5.41, 5.74) is 0. The standard InChI is InChI=1S/C16H33BO3/c1-4-18-16(19-5-2,20-6-3)14-12-10-8-7-9-11-13-15-17/h4-15H2,1-3H3. The van der Waals surface area contributed by atoms with Crippen molar-refractivity contribution in [2.24, 2.45) is 0 Å². The lowest BCUT2D eigenvalue weighted by molar-refractivity contribution is -0.380. The van der Waals surface area contributed by atoms with E-state index in [1.54, 1.807) is 0 Å². The average Bonchev–Trinajstić information content (AvgIpc) is 2.43. The first-order valence-electron chi connectivity index (χ1n) is 8.36. The molecule has 118 valence electrons. The summed E-state index contributed by atoms with van der Waals surface area (Å²) < 4.78 is 17.1. The van der Waals surface area contributed by atoms with E-state index in [1.165, 1.54) is 32.1 Å². The first-order chi connectivity index (χ1) is 9.74. The molecule has 0 aromatic heterocycles. The third-order valence-electron chi connectivity index (χ3n) is 3.28. The summed E-state index contributed by atoms with van der Waals surface area (Å²) in [4.78, 5) is 0. The van der Waals surface area contributed by atoms with E-state index in [0.29, 0.717) is 19.8 Å². The second-order valence-electron chi connectivity index (χ2n) is 5.00. The van der Waals surface area contributed by atoms with E-state index in [4.69, 9.17) is 22.1 Å². The Labute approximate surface area is 127 Å². The number of rotatable bonds is 15. The first-order valence-corrected chi connectivity index (χ1v) is 8.36. The van der Waals surface area contributed by atoms with Crippen molar-refractivity contribution >= 4 is 7.85 Å². The highest BCUT2D eigenvalue weighted by atomic mass is 16.9. The maximum Gasteiger partial charge on any atom is 0.282 e. The SMILES string of the molecule is [B]CCCCCCCCCC(OCC)(OCC)OCC. The zero-order valence-corrected chi connectivity index (χ0v) is 13.8. The van der Waals surface area contributed by atoms with Gasteiger partial charge in [0.05, 0.1) is 7.85 Å². The topological polar surface area (TPSA) is 27.7 Å². The lowest BCUT2D eigenvalue weighted by atomic mass is 9.98. The van der Waals surface area contributed by atoms with E-state index in [9.17, 15) is 0 Å². The highest BCUT2D eigenvalue weighted by Crippen LogP contribution is 2.24. The van der Waals surface area contributed by atoms with Crippen molar-refractivity contribution in [3.63, 3.8) is 0 Å². The Morgan fingerprint density at radius 3 is 1.45 bits per heavy atom. The fourth-order valence-electron chi connectivity index (χ4n) is 2.37. The van der Waals surface area contributed by atoms with Crippen LogP contribution in [0.25, 0.3) is 0 Å². The Balaban J connectivity index is 3.82. The second kappa shape index (κ2) is 13.9. The van der Waals surface area contributed by atoms with Crippen LogP contribution in [-0.2, 0) is 14.2 Å². The molecular formula is C16H33BO3. The van der Waals surface area contributed by atoms with E-state index >= 15 is 0 Å². The van der Waals surface area contributed by atoms with Crippen LogP contribution in [0.15, 0.2) is 0 Å². The Bertz CT molecular complexity index is 183. The van der Waals surface area contributed by atoms with Crippen LogP contribution < -0.4 is 0 Å². The summed E-state index contributed by atoms with van der Waals surface area (Å²) >= 11 is 0. The van der Waals surface area contributed by atoms with Crippen LogP contribution in [0.4, 0.5) is 0 Å². The van der Waals surface area contributed by atoms with Crippen molar-refractivity contribution in [2.75, 3.05) is 19.8 Å². The summed E-state index contributed by atoms with van der Waals surface area (Å²) in [6.45, 7) is 7.76. The van der Waals surface area contributed by atoms with Crippen molar-refractivity contribution in [3.8, 4) is 0 Å². The van der Waals surface area contributed by atoms with E-state index < -0.39 is 5.97 Å². The average molecular weight is 284 g/mol. The molecule has 20 heavy (non-hydrogen) atoms. The van der Waals surface area contributed by atoms with Crippen LogP contribution in [0.3, 0.4) is 0 Å². The van der Waals surface area contributed by atoms with E-state index in [1.807, 2.05) is 20.8 Å². The molecule has 0 aliphatic rings. The smallest absolute Gasteiger partial charge is 0.282 e. The Hall–Kier alpha value is -0.0551. The van der Waals surface area contributed by atoms with Crippen molar-refractivity contribution < 1.29 is 14.2 Å². The van der Waals surface area contributed by atoms with Gasteiger partial charge in [-0.25, -0.2) is 0 Å². The van der Waals surface area contributed by atoms with Crippen molar-refractivity contribution in [2.45, 2.75) is 84.4 Å². The van der Waals surface area contributed by atoms with E-state index in [-0.39, 0.29) is 0 Å². The van der Waals surface area contributed by atoms with Gasteiger partial charge in [-0.15, -0.1) is 0 Å². The molecule has 0 N–H and O–H groups in total. The lowest BCUT2D eigenvalue weighted by Crippen LogP contribution is -2.39. The summed E-state index contributed by atoms with van der Waals surface area (Å²) in [7, 11) is 5.48. The number of ether oxygens (including phenoxy) is 3. The van der Waals surface area contributed by atoms with Crippen molar-refractivity contribution in [1.82, 2.24) is 0 Å². The summed E-state index contributed by atoms with van der Waals surface area (Å²) in [6, 6.07) is 0. The molecule has 0 heterocycles. The summed E-state index contributed by atoms with van der Waals surface area (Å²) in [6.07, 6.45) is 10.2. The maximum atomic E-state index is 5.71. The van der Waals surface area contributed by atoms with Gasteiger partial charge in [-0.1, -0.05) is 44.8 Å². The molecule has 0 aliphatic carbocycles. The molecule has 0 rings (SSSR count). The first kappa shape index (κ1) is 19.9. The van der Waals surface area contributed by atoms with Crippen molar-refractivity contribution in [3.05, 3.63) is 0 Å². The van der Waals surface area contributed by atoms with Gasteiger partial charge in [0.2, 0.25) is 0 Å². The van der Waals surface area contributed by atoms with Gasteiger partial charge in [-0.05, 0) is 27.2 Å². The van der Waals surface area contributed by atoms with Crippen LogP contribution in [0, 0.1) is 0 Å². The Morgan fingerprint density at radius 2 is 1.05 bits per heavy atom. The quantitative estimate of drug-likeness (QED) is 0.252. The number of hydrogen-bond acceptors (Lipinski definition) is 3. The van der Waals surface area contributed by atoms with Crippen LogP contribution in [0.1, 0.15) is 72.1 Å². The normalized spacial score (nSPS) is 11.9. The van der Waals surface area contributed by atoms with Gasteiger partial charge in [0.1, 0.15) is 0 Å². The third kappa shape index (κ3) is 9.79. The zero-order valence-electron chi connectivity index (χ0n) is 13.8. The van der Waals surface area contributed by atoms with Gasteiger partial charge in [0, 0.05) is 26.2 Å². The highest BCUT2D eigenvalue weighted by molar-refractivity contribution is 6.08. The molecule has 0 atom stereocenters. The minimum atomic E-state index is -0.822. The van der Waals surface area contributed by atoms with Gasteiger partial charge >= 0.3 is 0 Å². The highest BCUT2D eigenvalue weighted by Gasteiger charge is 2.31. The zero-order chi connectivity index (χ0) is 15.1. The molecule has 4 heteroatoms. The molecule has 2 radical (unpaired) electrons. The fraction of sp³-hybridized carbons (Fsp3) is 1.00. The molecule has 0 unspecified atom stereocenters. The van der Waals surface area contributed by atoms with Gasteiger partial charge < -0.3 is 14.2 Å². The molecule has 0 aliphatic heterocycles. The summed E-state index contributed by atoms with van der Waals surface area (Å²) in [5.74, 6) is -0.822. The second-order valence-corrected chi connectivity index (χ2v) is 5.00. The van der Waals surface area contributed by atoms with Crippen LogP contribution in [0.5, 0.6) is 0 Å². The van der Waals surface area contributed by atoms with Gasteiger partial charge in [-0.2, -0.15) is 0 Å². The van der Waals surface area contributed by atoms with E-state index in [2.05, 4.69) is 0 Å². The third-order valence-corrected chi connectivity index (χ3v) is 3.28. The molecule has 0 saturated carbocycles. The molecule has 0 bridgehead atoms. The molecule has 0 fully saturated rings. The van der Waals surface area contributed by atoms with Crippen molar-refractivity contribution in [1.29, 1.82) is 0 Å². The van der Waals surface area contributed by atoms with Gasteiger partial charge in [-0.3, -0.25) is 0 Å². The minimum absolute atomic E-state index is 0.610. The molecule has 0 aromatic rings. The predicted octanol–water partition coefficient (Wildman–Crippen LogP) is 4.46. The van der Waals surface area contributed by atoms with Crippen LogP contribution >= 0.6 is 0 Å².